The minimum Gasteiger partial charge on any atom is -0.490 e. The Bertz CT molecular complexity index is 1080. The monoisotopic (exact) mass is 534 g/mol. The Balaban J connectivity index is 2.04. The number of nitrogens with zero attached hydrogens (tertiary/aromatic N) is 1. The zero-order chi connectivity index (χ0) is 22.7. The molecule has 4 amide bonds. The summed E-state index contributed by atoms with van der Waals surface area (Å²) < 4.78 is 12.4. The van der Waals surface area contributed by atoms with Crippen LogP contribution in [0, 0.1) is 10.5 Å². The van der Waals surface area contributed by atoms with Crippen molar-refractivity contribution in [1.29, 1.82) is 0 Å². The molecule has 0 spiro atoms. The number of urea groups is 1. The van der Waals surface area contributed by atoms with Gasteiger partial charge in [0.1, 0.15) is 5.57 Å². The number of amides is 4. The first kappa shape index (κ1) is 22.8. The number of hydrogen-bond acceptors (Lipinski definition) is 5. The molecule has 0 aliphatic carbocycles. The minimum atomic E-state index is -0.775. The molecule has 0 radical (unpaired) electrons. The average molecular weight is 534 g/mol. The van der Waals surface area contributed by atoms with Crippen LogP contribution in [0.15, 0.2) is 42.0 Å². The molecule has 1 saturated heterocycles. The Morgan fingerprint density at radius 3 is 2.55 bits per heavy atom. The summed E-state index contributed by atoms with van der Waals surface area (Å²) >= 11 is 2.13. The van der Waals surface area contributed by atoms with Gasteiger partial charge in [-0.1, -0.05) is 12.1 Å². The minimum absolute atomic E-state index is 0.0449. The number of hydrogen-bond donors (Lipinski definition) is 1. The van der Waals surface area contributed by atoms with E-state index >= 15 is 0 Å². The number of benzene rings is 2. The molecule has 1 N–H and O–H groups in total. The van der Waals surface area contributed by atoms with Crippen molar-refractivity contribution in [2.24, 2.45) is 0 Å². The number of anilines is 1. The number of barbiturate groups is 1. The van der Waals surface area contributed by atoms with E-state index in [-0.39, 0.29) is 11.7 Å². The maximum absolute atomic E-state index is 13.1. The summed E-state index contributed by atoms with van der Waals surface area (Å²) in [6.45, 7) is 7.99. The highest BCUT2D eigenvalue weighted by Gasteiger charge is 2.36. The van der Waals surface area contributed by atoms with Crippen molar-refractivity contribution >= 4 is 52.2 Å². The topological polar surface area (TPSA) is 84.9 Å². The van der Waals surface area contributed by atoms with Crippen LogP contribution in [-0.2, 0) is 9.59 Å². The lowest BCUT2D eigenvalue weighted by atomic mass is 10.1. The molecule has 2 aromatic carbocycles. The molecule has 0 unspecified atom stereocenters. The maximum Gasteiger partial charge on any atom is 0.335 e. The van der Waals surface area contributed by atoms with E-state index < -0.39 is 17.8 Å². The molecule has 8 heteroatoms. The Labute approximate surface area is 194 Å². The van der Waals surface area contributed by atoms with Crippen LogP contribution in [0.4, 0.5) is 10.5 Å². The Kier molecular flexibility index (Phi) is 6.99. The number of imide groups is 2. The predicted octanol–water partition coefficient (Wildman–Crippen LogP) is 4.45. The molecule has 0 saturated carbocycles. The summed E-state index contributed by atoms with van der Waals surface area (Å²) in [6, 6.07) is 9.69. The fourth-order valence-electron chi connectivity index (χ4n) is 3.11. The molecule has 2 aromatic rings. The molecule has 1 fully saturated rings. The van der Waals surface area contributed by atoms with Crippen molar-refractivity contribution in [1.82, 2.24) is 5.32 Å². The smallest absolute Gasteiger partial charge is 0.335 e. The zero-order valence-electron chi connectivity index (χ0n) is 17.7. The molecular weight excluding hydrogens is 511 g/mol. The summed E-state index contributed by atoms with van der Waals surface area (Å²) in [5.41, 5.74) is 1.72. The van der Waals surface area contributed by atoms with Crippen LogP contribution < -0.4 is 19.7 Å². The SMILES string of the molecule is CCOc1cc(/C=C2\C(=O)NC(=O)N(c3cccc(C)c3)C2=O)cc(I)c1OC(C)C. The maximum atomic E-state index is 13.1. The number of halogens is 1. The number of rotatable bonds is 6. The van der Waals surface area contributed by atoms with Crippen molar-refractivity contribution in [3.8, 4) is 11.5 Å². The lowest BCUT2D eigenvalue weighted by molar-refractivity contribution is -0.122. The first-order valence-corrected chi connectivity index (χ1v) is 10.9. The quantitative estimate of drug-likeness (QED) is 0.337. The van der Waals surface area contributed by atoms with Crippen molar-refractivity contribution in [2.45, 2.75) is 33.8 Å². The normalized spacial score (nSPS) is 15.5. The van der Waals surface area contributed by atoms with Crippen LogP contribution in [0.25, 0.3) is 6.08 Å². The van der Waals surface area contributed by atoms with E-state index in [1.165, 1.54) is 6.08 Å². The number of carbonyl (C=O) groups is 3. The van der Waals surface area contributed by atoms with Gasteiger partial charge < -0.3 is 9.47 Å². The van der Waals surface area contributed by atoms with Gasteiger partial charge in [0.05, 0.1) is 22.0 Å². The lowest BCUT2D eigenvalue weighted by Gasteiger charge is -2.26. The molecule has 0 atom stereocenters. The van der Waals surface area contributed by atoms with E-state index in [0.717, 1.165) is 14.0 Å². The van der Waals surface area contributed by atoms with Crippen molar-refractivity contribution in [3.63, 3.8) is 0 Å². The molecule has 31 heavy (non-hydrogen) atoms. The van der Waals surface area contributed by atoms with Crippen LogP contribution in [0.2, 0.25) is 0 Å². The summed E-state index contributed by atoms with van der Waals surface area (Å²) in [5.74, 6) is -0.301. The highest BCUT2D eigenvalue weighted by atomic mass is 127. The second-order valence-electron chi connectivity index (χ2n) is 7.23. The molecule has 3 rings (SSSR count). The standard InChI is InChI=1S/C23H23IN2O5/c1-5-30-19-12-15(11-18(24)20(19)31-13(2)3)10-17-21(27)25-23(29)26(22(17)28)16-8-6-7-14(4)9-16/h6-13H,5H2,1-4H3,(H,25,27,29)/b17-10+. The van der Waals surface area contributed by atoms with Crippen molar-refractivity contribution < 1.29 is 23.9 Å². The van der Waals surface area contributed by atoms with E-state index in [1.54, 1.807) is 30.3 Å². The van der Waals surface area contributed by atoms with Crippen LogP contribution in [0.5, 0.6) is 11.5 Å². The third-order valence-electron chi connectivity index (χ3n) is 4.36. The fourth-order valence-corrected chi connectivity index (χ4v) is 3.86. The Morgan fingerprint density at radius 2 is 1.90 bits per heavy atom. The van der Waals surface area contributed by atoms with E-state index in [1.807, 2.05) is 33.8 Å². The van der Waals surface area contributed by atoms with Gasteiger partial charge in [0.15, 0.2) is 11.5 Å². The summed E-state index contributed by atoms with van der Waals surface area (Å²) in [5, 5.41) is 2.24. The van der Waals surface area contributed by atoms with E-state index in [2.05, 4.69) is 27.9 Å². The fraction of sp³-hybridized carbons (Fsp3) is 0.261. The van der Waals surface area contributed by atoms with Gasteiger partial charge in [0, 0.05) is 0 Å². The van der Waals surface area contributed by atoms with Gasteiger partial charge >= 0.3 is 6.03 Å². The van der Waals surface area contributed by atoms with Crippen LogP contribution in [-0.4, -0.2) is 30.6 Å². The molecule has 0 aromatic heterocycles. The van der Waals surface area contributed by atoms with Gasteiger partial charge in [-0.2, -0.15) is 0 Å². The highest BCUT2D eigenvalue weighted by Crippen LogP contribution is 2.36. The third-order valence-corrected chi connectivity index (χ3v) is 5.16. The number of carbonyl (C=O) groups excluding carboxylic acids is 3. The van der Waals surface area contributed by atoms with E-state index in [9.17, 15) is 14.4 Å². The summed E-state index contributed by atoms with van der Waals surface area (Å²) in [7, 11) is 0. The summed E-state index contributed by atoms with van der Waals surface area (Å²) in [4.78, 5) is 38.9. The van der Waals surface area contributed by atoms with Crippen LogP contribution in [0.3, 0.4) is 0 Å². The summed E-state index contributed by atoms with van der Waals surface area (Å²) in [6.07, 6.45) is 1.41. The Hall–Kier alpha value is -2.88. The largest absolute Gasteiger partial charge is 0.490 e. The molecule has 1 aliphatic rings. The second-order valence-corrected chi connectivity index (χ2v) is 8.39. The Morgan fingerprint density at radius 1 is 1.16 bits per heavy atom. The van der Waals surface area contributed by atoms with Crippen LogP contribution >= 0.6 is 22.6 Å². The van der Waals surface area contributed by atoms with Crippen molar-refractivity contribution in [3.05, 3.63) is 56.7 Å². The molecule has 1 aliphatic heterocycles. The molecule has 1 heterocycles. The first-order chi connectivity index (χ1) is 14.7. The molecule has 7 nitrogen and oxygen atoms in total. The van der Waals surface area contributed by atoms with Crippen molar-refractivity contribution in [2.75, 3.05) is 11.5 Å². The first-order valence-electron chi connectivity index (χ1n) is 9.82. The van der Waals surface area contributed by atoms with Gasteiger partial charge in [0.25, 0.3) is 11.8 Å². The average Bonchev–Trinajstić information content (AvgIpc) is 2.68. The number of nitrogens with one attached hydrogen (secondary N) is 1. The second kappa shape index (κ2) is 9.51. The third kappa shape index (κ3) is 5.07. The highest BCUT2D eigenvalue weighted by molar-refractivity contribution is 14.1. The lowest BCUT2D eigenvalue weighted by Crippen LogP contribution is -2.54. The zero-order valence-corrected chi connectivity index (χ0v) is 19.8. The number of ether oxygens (including phenoxy) is 2. The van der Waals surface area contributed by atoms with Gasteiger partial charge in [-0.25, -0.2) is 9.69 Å². The number of aryl methyl sites for hydroxylation is 1. The van der Waals surface area contributed by atoms with Gasteiger partial charge in [-0.3, -0.25) is 14.9 Å². The van der Waals surface area contributed by atoms with E-state index in [4.69, 9.17) is 9.47 Å². The van der Waals surface area contributed by atoms with Gasteiger partial charge in [-0.05, 0) is 91.8 Å². The van der Waals surface area contributed by atoms with Crippen LogP contribution in [0.1, 0.15) is 31.9 Å². The molecule has 0 bridgehead atoms. The molecule has 162 valence electrons. The molecular formula is C23H23IN2O5. The predicted molar refractivity (Wildman–Crippen MR) is 126 cm³/mol. The van der Waals surface area contributed by atoms with E-state index in [0.29, 0.717) is 29.4 Å². The van der Waals surface area contributed by atoms with Gasteiger partial charge in [-0.15, -0.1) is 0 Å². The van der Waals surface area contributed by atoms with Gasteiger partial charge in [0.2, 0.25) is 0 Å².